The number of rotatable bonds is 5. The molecule has 0 spiro atoms. The van der Waals surface area contributed by atoms with E-state index >= 15 is 0 Å². The van der Waals surface area contributed by atoms with Gasteiger partial charge in [-0.25, -0.2) is 0 Å². The summed E-state index contributed by atoms with van der Waals surface area (Å²) in [6, 6.07) is 22.5. The van der Waals surface area contributed by atoms with Crippen LogP contribution in [0.3, 0.4) is 0 Å². The SMILES string of the molecule is COc1ccccc1[C@@H]1CC(c2ccccc2Cl)=NN1S(=O)(=O)c1ccccc1. The Morgan fingerprint density at radius 1 is 0.966 bits per heavy atom. The van der Waals surface area contributed by atoms with E-state index in [2.05, 4.69) is 5.10 Å². The highest BCUT2D eigenvalue weighted by Crippen LogP contribution is 2.41. The summed E-state index contributed by atoms with van der Waals surface area (Å²) in [5, 5.41) is 5.05. The van der Waals surface area contributed by atoms with Crippen LogP contribution in [0.25, 0.3) is 0 Å². The zero-order valence-corrected chi connectivity index (χ0v) is 17.3. The van der Waals surface area contributed by atoms with Gasteiger partial charge >= 0.3 is 0 Å². The number of ether oxygens (including phenoxy) is 1. The van der Waals surface area contributed by atoms with Crippen LogP contribution in [0.15, 0.2) is 88.9 Å². The van der Waals surface area contributed by atoms with Crippen molar-refractivity contribution in [2.45, 2.75) is 17.4 Å². The van der Waals surface area contributed by atoms with Gasteiger partial charge in [0, 0.05) is 22.6 Å². The number of hydrazone groups is 1. The number of para-hydroxylation sites is 1. The molecule has 0 bridgehead atoms. The second-order valence-electron chi connectivity index (χ2n) is 6.58. The first-order valence-electron chi connectivity index (χ1n) is 9.07. The maximum Gasteiger partial charge on any atom is 0.279 e. The summed E-state index contributed by atoms with van der Waals surface area (Å²) in [4.78, 5) is 0.184. The minimum atomic E-state index is -3.87. The van der Waals surface area contributed by atoms with E-state index < -0.39 is 16.1 Å². The van der Waals surface area contributed by atoms with Crippen molar-refractivity contribution >= 4 is 27.3 Å². The Kier molecular flexibility index (Phi) is 5.30. The van der Waals surface area contributed by atoms with Crippen LogP contribution in [-0.4, -0.2) is 25.7 Å². The van der Waals surface area contributed by atoms with Gasteiger partial charge in [-0.2, -0.15) is 17.9 Å². The molecule has 1 aliphatic rings. The van der Waals surface area contributed by atoms with Crippen molar-refractivity contribution < 1.29 is 13.2 Å². The summed E-state index contributed by atoms with van der Waals surface area (Å²) in [5.41, 5.74) is 2.09. The zero-order valence-electron chi connectivity index (χ0n) is 15.7. The monoisotopic (exact) mass is 426 g/mol. The first kappa shape index (κ1) is 19.5. The average Bonchev–Trinajstić information content (AvgIpc) is 3.20. The minimum absolute atomic E-state index is 0.184. The fraction of sp³-hybridized carbons (Fsp3) is 0.136. The van der Waals surface area contributed by atoms with Crippen LogP contribution >= 0.6 is 11.6 Å². The fourth-order valence-corrected chi connectivity index (χ4v) is 5.13. The first-order chi connectivity index (χ1) is 14.0. The largest absolute Gasteiger partial charge is 0.496 e. The highest BCUT2D eigenvalue weighted by molar-refractivity contribution is 7.89. The summed E-state index contributed by atoms with van der Waals surface area (Å²) in [5.74, 6) is 0.612. The van der Waals surface area contributed by atoms with Crippen molar-refractivity contribution in [1.29, 1.82) is 0 Å². The molecule has 29 heavy (non-hydrogen) atoms. The summed E-state index contributed by atoms with van der Waals surface area (Å²) in [7, 11) is -2.30. The lowest BCUT2D eigenvalue weighted by Gasteiger charge is -2.24. The highest BCUT2D eigenvalue weighted by atomic mass is 35.5. The molecule has 0 radical (unpaired) electrons. The van der Waals surface area contributed by atoms with Crippen molar-refractivity contribution in [3.05, 3.63) is 95.0 Å². The Hall–Kier alpha value is -2.83. The molecule has 0 amide bonds. The Balaban J connectivity index is 1.86. The highest BCUT2D eigenvalue weighted by Gasteiger charge is 2.39. The van der Waals surface area contributed by atoms with Crippen LogP contribution in [-0.2, 0) is 10.0 Å². The van der Waals surface area contributed by atoms with Crippen molar-refractivity contribution in [3.63, 3.8) is 0 Å². The molecule has 3 aromatic rings. The zero-order chi connectivity index (χ0) is 20.4. The van der Waals surface area contributed by atoms with Gasteiger partial charge < -0.3 is 4.74 Å². The lowest BCUT2D eigenvalue weighted by Crippen LogP contribution is -2.27. The predicted molar refractivity (Wildman–Crippen MR) is 114 cm³/mol. The normalized spacial score (nSPS) is 16.6. The molecule has 0 aromatic heterocycles. The fourth-order valence-electron chi connectivity index (χ4n) is 3.44. The van der Waals surface area contributed by atoms with Crippen LogP contribution in [0.1, 0.15) is 23.6 Å². The van der Waals surface area contributed by atoms with Crippen LogP contribution in [0, 0.1) is 0 Å². The third kappa shape index (κ3) is 3.61. The predicted octanol–water partition coefficient (Wildman–Crippen LogP) is 4.89. The first-order valence-corrected chi connectivity index (χ1v) is 10.9. The quantitative estimate of drug-likeness (QED) is 0.583. The van der Waals surface area contributed by atoms with Crippen molar-refractivity contribution in [2.75, 3.05) is 7.11 Å². The molecule has 0 N–H and O–H groups in total. The molecule has 3 aromatic carbocycles. The third-order valence-electron chi connectivity index (χ3n) is 4.84. The molecule has 148 valence electrons. The van der Waals surface area contributed by atoms with E-state index in [1.807, 2.05) is 42.5 Å². The van der Waals surface area contributed by atoms with Gasteiger partial charge in [0.25, 0.3) is 10.0 Å². The van der Waals surface area contributed by atoms with Gasteiger partial charge in [0.05, 0.1) is 23.8 Å². The molecule has 7 heteroatoms. The average molecular weight is 427 g/mol. The maximum absolute atomic E-state index is 13.4. The van der Waals surface area contributed by atoms with Crippen LogP contribution in [0.4, 0.5) is 0 Å². The number of hydrogen-bond acceptors (Lipinski definition) is 4. The van der Waals surface area contributed by atoms with Crippen LogP contribution in [0.2, 0.25) is 5.02 Å². The van der Waals surface area contributed by atoms with E-state index in [1.165, 1.54) is 4.41 Å². The molecule has 1 atom stereocenters. The molecule has 0 saturated carbocycles. The molecular weight excluding hydrogens is 408 g/mol. The van der Waals surface area contributed by atoms with Crippen LogP contribution < -0.4 is 4.74 Å². The Labute approximate surface area is 175 Å². The van der Waals surface area contributed by atoms with E-state index in [0.717, 1.165) is 11.1 Å². The molecule has 1 heterocycles. The van der Waals surface area contributed by atoms with Gasteiger partial charge in [-0.15, -0.1) is 0 Å². The number of methoxy groups -OCH3 is 1. The summed E-state index contributed by atoms with van der Waals surface area (Å²) >= 11 is 6.36. The van der Waals surface area contributed by atoms with Gasteiger partial charge in [-0.3, -0.25) is 0 Å². The molecule has 0 fully saturated rings. The summed E-state index contributed by atoms with van der Waals surface area (Å²) in [6.07, 6.45) is 0.385. The Morgan fingerprint density at radius 2 is 1.62 bits per heavy atom. The minimum Gasteiger partial charge on any atom is -0.496 e. The Bertz CT molecular complexity index is 1160. The van der Waals surface area contributed by atoms with Crippen molar-refractivity contribution in [2.24, 2.45) is 5.10 Å². The van der Waals surface area contributed by atoms with E-state index in [1.54, 1.807) is 43.5 Å². The Morgan fingerprint density at radius 3 is 2.34 bits per heavy atom. The molecule has 0 aliphatic carbocycles. The van der Waals surface area contributed by atoms with Crippen molar-refractivity contribution in [3.8, 4) is 5.75 Å². The summed E-state index contributed by atoms with van der Waals surface area (Å²) in [6.45, 7) is 0. The lowest BCUT2D eigenvalue weighted by atomic mass is 9.98. The number of sulfonamides is 1. The molecule has 0 saturated heterocycles. The van der Waals surface area contributed by atoms with Gasteiger partial charge in [0.1, 0.15) is 5.75 Å². The second kappa shape index (κ2) is 7.89. The standard InChI is InChI=1S/C22H19ClN2O3S/c1-28-22-14-8-6-12-18(22)21-15-20(17-11-5-7-13-19(17)23)24-25(21)29(26,27)16-9-3-2-4-10-16/h2-14,21H,15H2,1H3/t21-/m0/s1. The second-order valence-corrected chi connectivity index (χ2v) is 8.78. The van der Waals surface area contributed by atoms with E-state index in [-0.39, 0.29) is 4.90 Å². The topological polar surface area (TPSA) is 59.0 Å². The molecule has 5 nitrogen and oxygen atoms in total. The lowest BCUT2D eigenvalue weighted by molar-refractivity contribution is 0.350. The number of nitrogens with zero attached hydrogens (tertiary/aromatic N) is 2. The van der Waals surface area contributed by atoms with Gasteiger partial charge in [-0.1, -0.05) is 66.2 Å². The van der Waals surface area contributed by atoms with Gasteiger partial charge in [0.15, 0.2) is 0 Å². The smallest absolute Gasteiger partial charge is 0.279 e. The third-order valence-corrected chi connectivity index (χ3v) is 6.87. The summed E-state index contributed by atoms with van der Waals surface area (Å²) < 4.78 is 33.5. The van der Waals surface area contributed by atoms with E-state index in [9.17, 15) is 8.42 Å². The molecule has 0 unspecified atom stereocenters. The van der Waals surface area contributed by atoms with E-state index in [4.69, 9.17) is 16.3 Å². The van der Waals surface area contributed by atoms with Crippen LogP contribution in [0.5, 0.6) is 5.75 Å². The van der Waals surface area contributed by atoms with Gasteiger partial charge in [-0.05, 0) is 24.3 Å². The maximum atomic E-state index is 13.4. The van der Waals surface area contributed by atoms with Crippen molar-refractivity contribution in [1.82, 2.24) is 4.41 Å². The molecular formula is C22H19ClN2O3S. The number of benzene rings is 3. The van der Waals surface area contributed by atoms with E-state index in [0.29, 0.717) is 22.9 Å². The number of hydrogen-bond donors (Lipinski definition) is 0. The molecule has 1 aliphatic heterocycles. The number of halogens is 1. The molecule has 4 rings (SSSR count). The van der Waals surface area contributed by atoms with Gasteiger partial charge in [0.2, 0.25) is 0 Å².